The molecule has 0 spiro atoms. The van der Waals surface area contributed by atoms with Crippen LogP contribution in [0.4, 0.5) is 0 Å². The van der Waals surface area contributed by atoms with E-state index >= 15 is 0 Å². The number of nitrogens with zero attached hydrogens (tertiary/aromatic N) is 1. The zero-order valence-electron chi connectivity index (χ0n) is 8.48. The van der Waals surface area contributed by atoms with Crippen LogP contribution in [0.15, 0.2) is 5.38 Å². The molecule has 0 fully saturated rings. The van der Waals surface area contributed by atoms with E-state index in [9.17, 15) is 9.59 Å². The van der Waals surface area contributed by atoms with Crippen molar-refractivity contribution in [1.29, 1.82) is 0 Å². The van der Waals surface area contributed by atoms with E-state index in [2.05, 4.69) is 10.3 Å². The van der Waals surface area contributed by atoms with E-state index in [-0.39, 0.29) is 12.3 Å². The van der Waals surface area contributed by atoms with Gasteiger partial charge in [-0.2, -0.15) is 0 Å². The molecule has 0 radical (unpaired) electrons. The van der Waals surface area contributed by atoms with Gasteiger partial charge in [-0.1, -0.05) is 0 Å². The Labute approximate surface area is 91.1 Å². The van der Waals surface area contributed by atoms with Crippen LogP contribution >= 0.6 is 11.3 Å². The fourth-order valence-corrected chi connectivity index (χ4v) is 2.00. The summed E-state index contributed by atoms with van der Waals surface area (Å²) >= 11 is 1.35. The molecule has 0 unspecified atom stereocenters. The first kappa shape index (κ1) is 11.6. The molecule has 6 heteroatoms. The van der Waals surface area contributed by atoms with Gasteiger partial charge < -0.3 is 10.4 Å². The third kappa shape index (κ3) is 3.67. The summed E-state index contributed by atoms with van der Waals surface area (Å²) in [5, 5.41) is 13.7. The van der Waals surface area contributed by atoms with Crippen LogP contribution in [0.1, 0.15) is 30.1 Å². The maximum atomic E-state index is 10.9. The number of carboxylic acids is 1. The zero-order chi connectivity index (χ0) is 11.4. The summed E-state index contributed by atoms with van der Waals surface area (Å²) in [5.41, 5.74) is 0.829. The number of thiazole rings is 1. The second-order valence-electron chi connectivity index (χ2n) is 3.18. The summed E-state index contributed by atoms with van der Waals surface area (Å²) < 4.78 is 0. The second kappa shape index (κ2) is 4.88. The van der Waals surface area contributed by atoms with E-state index in [0.29, 0.717) is 5.01 Å². The predicted molar refractivity (Wildman–Crippen MR) is 55.7 cm³/mol. The highest BCUT2D eigenvalue weighted by atomic mass is 32.1. The van der Waals surface area contributed by atoms with Gasteiger partial charge in [0.15, 0.2) is 0 Å². The summed E-state index contributed by atoms with van der Waals surface area (Å²) in [6.45, 7) is 3.18. The Balaban J connectivity index is 2.80. The molecule has 0 saturated carbocycles. The van der Waals surface area contributed by atoms with Crippen molar-refractivity contribution < 1.29 is 14.7 Å². The first-order valence-corrected chi connectivity index (χ1v) is 5.28. The highest BCUT2D eigenvalue weighted by Crippen LogP contribution is 2.20. The number of aryl methyl sites for hydroxylation is 1. The van der Waals surface area contributed by atoms with Gasteiger partial charge in [0, 0.05) is 18.0 Å². The average molecular weight is 228 g/mol. The van der Waals surface area contributed by atoms with Gasteiger partial charge in [-0.25, -0.2) is 4.98 Å². The van der Waals surface area contributed by atoms with Crippen molar-refractivity contribution in [3.63, 3.8) is 0 Å². The van der Waals surface area contributed by atoms with Crippen LogP contribution in [-0.2, 0) is 9.59 Å². The van der Waals surface area contributed by atoms with Crippen molar-refractivity contribution in [3.05, 3.63) is 16.1 Å². The Morgan fingerprint density at radius 1 is 1.67 bits per heavy atom. The molecule has 15 heavy (non-hydrogen) atoms. The Morgan fingerprint density at radius 2 is 2.33 bits per heavy atom. The van der Waals surface area contributed by atoms with E-state index in [1.165, 1.54) is 18.3 Å². The van der Waals surface area contributed by atoms with Gasteiger partial charge in [0.05, 0.1) is 12.5 Å². The minimum Gasteiger partial charge on any atom is -0.481 e. The fraction of sp³-hybridized carbons (Fsp3) is 0.444. The van der Waals surface area contributed by atoms with E-state index in [4.69, 9.17) is 5.11 Å². The maximum absolute atomic E-state index is 10.9. The highest BCUT2D eigenvalue weighted by molar-refractivity contribution is 7.09. The lowest BCUT2D eigenvalue weighted by Gasteiger charge is -2.12. The number of nitrogens with one attached hydrogen (secondary N) is 1. The first-order chi connectivity index (χ1) is 6.99. The lowest BCUT2D eigenvalue weighted by molar-refractivity contribution is -0.137. The number of hydrogen-bond acceptors (Lipinski definition) is 4. The number of aromatic nitrogens is 1. The van der Waals surface area contributed by atoms with E-state index < -0.39 is 12.0 Å². The minimum atomic E-state index is -0.957. The summed E-state index contributed by atoms with van der Waals surface area (Å²) in [5.74, 6) is -1.21. The number of amides is 1. The van der Waals surface area contributed by atoms with Gasteiger partial charge >= 0.3 is 5.97 Å². The molecule has 0 aliphatic rings. The second-order valence-corrected chi connectivity index (χ2v) is 4.07. The predicted octanol–water partition coefficient (Wildman–Crippen LogP) is 1.10. The van der Waals surface area contributed by atoms with E-state index in [0.717, 1.165) is 5.69 Å². The van der Waals surface area contributed by atoms with Crippen LogP contribution < -0.4 is 5.32 Å². The molecule has 1 amide bonds. The molecule has 82 valence electrons. The van der Waals surface area contributed by atoms with Crippen molar-refractivity contribution in [2.75, 3.05) is 0 Å². The highest BCUT2D eigenvalue weighted by Gasteiger charge is 2.19. The lowest BCUT2D eigenvalue weighted by atomic mass is 10.2. The first-order valence-electron chi connectivity index (χ1n) is 4.40. The average Bonchev–Trinajstić information content (AvgIpc) is 2.48. The zero-order valence-corrected chi connectivity index (χ0v) is 9.30. The Kier molecular flexibility index (Phi) is 3.79. The van der Waals surface area contributed by atoms with Crippen LogP contribution in [-0.4, -0.2) is 22.0 Å². The molecule has 0 aromatic carbocycles. The van der Waals surface area contributed by atoms with Crippen molar-refractivity contribution in [3.8, 4) is 0 Å². The normalized spacial score (nSPS) is 12.1. The molecule has 1 aromatic heterocycles. The molecule has 2 N–H and O–H groups in total. The Hall–Kier alpha value is -1.43. The summed E-state index contributed by atoms with van der Waals surface area (Å²) in [6, 6.07) is -0.529. The number of rotatable bonds is 4. The molecule has 0 aliphatic carbocycles. The van der Waals surface area contributed by atoms with Crippen molar-refractivity contribution >= 4 is 23.2 Å². The maximum Gasteiger partial charge on any atom is 0.305 e. The van der Waals surface area contributed by atoms with Crippen molar-refractivity contribution in [2.45, 2.75) is 26.3 Å². The van der Waals surface area contributed by atoms with Crippen LogP contribution in [0.5, 0.6) is 0 Å². The minimum absolute atomic E-state index is 0.146. The largest absolute Gasteiger partial charge is 0.481 e. The van der Waals surface area contributed by atoms with Gasteiger partial charge in [0.2, 0.25) is 5.91 Å². The molecular weight excluding hydrogens is 216 g/mol. The van der Waals surface area contributed by atoms with Gasteiger partial charge in [0.1, 0.15) is 5.01 Å². The molecule has 1 rings (SSSR count). The molecule has 0 saturated heterocycles. The molecule has 1 heterocycles. The van der Waals surface area contributed by atoms with Gasteiger partial charge in [-0.3, -0.25) is 9.59 Å². The molecule has 0 bridgehead atoms. The summed E-state index contributed by atoms with van der Waals surface area (Å²) in [7, 11) is 0. The van der Waals surface area contributed by atoms with Crippen molar-refractivity contribution in [1.82, 2.24) is 10.3 Å². The third-order valence-corrected chi connectivity index (χ3v) is 2.77. The number of carbonyl (C=O) groups is 2. The number of aliphatic carboxylic acids is 1. The monoisotopic (exact) mass is 228 g/mol. The van der Waals surface area contributed by atoms with Crippen molar-refractivity contribution in [2.24, 2.45) is 0 Å². The van der Waals surface area contributed by atoms with Gasteiger partial charge in [-0.15, -0.1) is 11.3 Å². The Morgan fingerprint density at radius 3 is 2.73 bits per heavy atom. The fourth-order valence-electron chi connectivity index (χ4n) is 1.15. The number of hydrogen-bond donors (Lipinski definition) is 2. The standard InChI is InChI=1S/C9H12N2O3S/c1-5-4-15-9(10-5)7(3-8(13)14)11-6(2)12/h4,7H,3H2,1-2H3,(H,11,12)(H,13,14)/t7-/m1/s1. The summed E-state index contributed by atoms with van der Waals surface area (Å²) in [4.78, 5) is 25.6. The Bertz CT molecular complexity index is 359. The SMILES string of the molecule is CC(=O)N[C@H](CC(=O)O)c1nc(C)cs1. The topological polar surface area (TPSA) is 79.3 Å². The smallest absolute Gasteiger partial charge is 0.305 e. The molecule has 0 aliphatic heterocycles. The molecule has 1 aromatic rings. The third-order valence-electron chi connectivity index (χ3n) is 1.69. The van der Waals surface area contributed by atoms with E-state index in [1.54, 1.807) is 0 Å². The molecule has 1 atom stereocenters. The van der Waals surface area contributed by atoms with Crippen LogP contribution in [0.3, 0.4) is 0 Å². The number of carboxylic acid groups (broad SMARTS) is 1. The van der Waals surface area contributed by atoms with Crippen LogP contribution in [0.25, 0.3) is 0 Å². The quantitative estimate of drug-likeness (QED) is 0.808. The molecule has 5 nitrogen and oxygen atoms in total. The lowest BCUT2D eigenvalue weighted by Crippen LogP contribution is -2.27. The summed E-state index contributed by atoms with van der Waals surface area (Å²) in [6.07, 6.45) is -0.146. The van der Waals surface area contributed by atoms with Crippen LogP contribution in [0, 0.1) is 6.92 Å². The van der Waals surface area contributed by atoms with Crippen LogP contribution in [0.2, 0.25) is 0 Å². The molecular formula is C9H12N2O3S. The number of carbonyl (C=O) groups excluding carboxylic acids is 1. The van der Waals surface area contributed by atoms with E-state index in [1.807, 2.05) is 12.3 Å². The van der Waals surface area contributed by atoms with Gasteiger partial charge in [0.25, 0.3) is 0 Å². The van der Waals surface area contributed by atoms with Gasteiger partial charge in [-0.05, 0) is 6.92 Å².